The number of methoxy groups -OCH3 is 1. The van der Waals surface area contributed by atoms with Gasteiger partial charge in [0.25, 0.3) is 5.56 Å². The molecular formula is C13H15NO3. The molecule has 0 unspecified atom stereocenters. The third-order valence-corrected chi connectivity index (χ3v) is 2.63. The number of benzene rings is 1. The highest BCUT2D eigenvalue weighted by molar-refractivity contribution is 5.87. The zero-order chi connectivity index (χ0) is 12.3. The van der Waals surface area contributed by atoms with Gasteiger partial charge in [0, 0.05) is 25.7 Å². The summed E-state index contributed by atoms with van der Waals surface area (Å²) in [4.78, 5) is 11.9. The molecule has 0 atom stereocenters. The van der Waals surface area contributed by atoms with E-state index in [1.807, 2.05) is 18.2 Å². The Morgan fingerprint density at radius 3 is 2.76 bits per heavy atom. The molecule has 0 aliphatic carbocycles. The van der Waals surface area contributed by atoms with E-state index in [4.69, 9.17) is 9.47 Å². The van der Waals surface area contributed by atoms with E-state index >= 15 is 0 Å². The van der Waals surface area contributed by atoms with Gasteiger partial charge in [-0.25, -0.2) is 0 Å². The van der Waals surface area contributed by atoms with Gasteiger partial charge in [0.1, 0.15) is 12.4 Å². The van der Waals surface area contributed by atoms with Crippen LogP contribution in [0.2, 0.25) is 0 Å². The first-order valence-corrected chi connectivity index (χ1v) is 5.44. The van der Waals surface area contributed by atoms with Gasteiger partial charge in [-0.2, -0.15) is 0 Å². The van der Waals surface area contributed by atoms with Gasteiger partial charge in [0.15, 0.2) is 0 Å². The molecule has 0 radical (unpaired) electrons. The molecule has 0 bridgehead atoms. The van der Waals surface area contributed by atoms with E-state index in [-0.39, 0.29) is 5.56 Å². The number of aryl methyl sites for hydroxylation is 1. The lowest BCUT2D eigenvalue weighted by molar-refractivity contribution is 0.147. The van der Waals surface area contributed by atoms with E-state index in [2.05, 4.69) is 0 Å². The number of pyridine rings is 1. The lowest BCUT2D eigenvalue weighted by Gasteiger charge is -2.09. The molecule has 2 rings (SSSR count). The van der Waals surface area contributed by atoms with Crippen LogP contribution >= 0.6 is 0 Å². The predicted molar refractivity (Wildman–Crippen MR) is 66.6 cm³/mol. The molecule has 2 aromatic rings. The first-order valence-electron chi connectivity index (χ1n) is 5.44. The van der Waals surface area contributed by atoms with Crippen molar-refractivity contribution in [2.45, 2.75) is 0 Å². The third-order valence-electron chi connectivity index (χ3n) is 2.63. The molecule has 0 amide bonds. The smallest absolute Gasteiger partial charge is 0.258 e. The molecule has 17 heavy (non-hydrogen) atoms. The second-order valence-electron chi connectivity index (χ2n) is 3.79. The monoisotopic (exact) mass is 233 g/mol. The maximum atomic E-state index is 11.9. The number of aromatic nitrogens is 1. The molecule has 0 saturated heterocycles. The summed E-state index contributed by atoms with van der Waals surface area (Å²) in [7, 11) is 3.36. The quantitative estimate of drug-likeness (QED) is 0.752. The molecule has 4 nitrogen and oxygen atoms in total. The number of hydrogen-bond acceptors (Lipinski definition) is 3. The Kier molecular flexibility index (Phi) is 3.44. The van der Waals surface area contributed by atoms with Crippen molar-refractivity contribution in [3.63, 3.8) is 0 Å². The Balaban J connectivity index is 2.44. The van der Waals surface area contributed by atoms with Crippen LogP contribution in [0.25, 0.3) is 10.8 Å². The number of nitrogens with zero attached hydrogens (tertiary/aromatic N) is 1. The van der Waals surface area contributed by atoms with Crippen LogP contribution < -0.4 is 10.3 Å². The Morgan fingerprint density at radius 2 is 2.00 bits per heavy atom. The van der Waals surface area contributed by atoms with E-state index < -0.39 is 0 Å². The van der Waals surface area contributed by atoms with Crippen LogP contribution in [-0.2, 0) is 11.8 Å². The van der Waals surface area contributed by atoms with Crippen molar-refractivity contribution in [3.8, 4) is 5.75 Å². The summed E-state index contributed by atoms with van der Waals surface area (Å²) < 4.78 is 12.1. The second kappa shape index (κ2) is 5.01. The topological polar surface area (TPSA) is 40.5 Å². The molecule has 1 aromatic carbocycles. The van der Waals surface area contributed by atoms with E-state index in [1.165, 1.54) is 0 Å². The predicted octanol–water partition coefficient (Wildman–Crippen LogP) is 1.56. The van der Waals surface area contributed by atoms with Gasteiger partial charge in [-0.05, 0) is 18.2 Å². The summed E-state index contributed by atoms with van der Waals surface area (Å²) in [5, 5.41) is 1.51. The summed E-state index contributed by atoms with van der Waals surface area (Å²) in [6, 6.07) is 7.38. The second-order valence-corrected chi connectivity index (χ2v) is 3.79. The molecule has 0 aliphatic rings. The first kappa shape index (κ1) is 11.7. The zero-order valence-electron chi connectivity index (χ0n) is 9.97. The van der Waals surface area contributed by atoms with Crippen molar-refractivity contribution in [1.82, 2.24) is 4.57 Å². The SMILES string of the molecule is COCCOc1cccc2c(=O)n(C)ccc12. The number of fused-ring (bicyclic) bond motifs is 1. The molecule has 0 fully saturated rings. The molecule has 4 heteroatoms. The van der Waals surface area contributed by atoms with Gasteiger partial charge in [0.2, 0.25) is 0 Å². The number of hydrogen-bond donors (Lipinski definition) is 0. The van der Waals surface area contributed by atoms with Crippen LogP contribution in [0.15, 0.2) is 35.3 Å². The minimum atomic E-state index is -0.0142. The number of rotatable bonds is 4. The third kappa shape index (κ3) is 2.31. The summed E-state index contributed by atoms with van der Waals surface area (Å²) in [5.74, 6) is 0.720. The highest BCUT2D eigenvalue weighted by atomic mass is 16.5. The average molecular weight is 233 g/mol. The average Bonchev–Trinajstić information content (AvgIpc) is 2.35. The van der Waals surface area contributed by atoms with Crippen molar-refractivity contribution < 1.29 is 9.47 Å². The van der Waals surface area contributed by atoms with Crippen molar-refractivity contribution in [2.24, 2.45) is 7.05 Å². The van der Waals surface area contributed by atoms with E-state index in [9.17, 15) is 4.79 Å². The normalized spacial score (nSPS) is 10.7. The molecule has 0 aliphatic heterocycles. The fourth-order valence-corrected chi connectivity index (χ4v) is 1.71. The zero-order valence-corrected chi connectivity index (χ0v) is 9.97. The van der Waals surface area contributed by atoms with Gasteiger partial charge in [-0.15, -0.1) is 0 Å². The van der Waals surface area contributed by atoms with Crippen LogP contribution in [0, 0.1) is 0 Å². The fraction of sp³-hybridized carbons (Fsp3) is 0.308. The first-order chi connectivity index (χ1) is 8.24. The summed E-state index contributed by atoms with van der Waals surface area (Å²) >= 11 is 0. The molecule has 90 valence electrons. The van der Waals surface area contributed by atoms with Crippen molar-refractivity contribution >= 4 is 10.8 Å². The highest BCUT2D eigenvalue weighted by Crippen LogP contribution is 2.22. The molecule has 1 heterocycles. The fourth-order valence-electron chi connectivity index (χ4n) is 1.71. The molecule has 0 spiro atoms. The molecule has 0 N–H and O–H groups in total. The molecule has 0 saturated carbocycles. The minimum absolute atomic E-state index is 0.0142. The Labute approximate surface area is 99.4 Å². The molecule has 1 aromatic heterocycles. The van der Waals surface area contributed by atoms with Crippen LogP contribution in [-0.4, -0.2) is 24.9 Å². The van der Waals surface area contributed by atoms with Crippen LogP contribution in [0.4, 0.5) is 0 Å². The van der Waals surface area contributed by atoms with Crippen LogP contribution in [0.3, 0.4) is 0 Å². The molecular weight excluding hydrogens is 218 g/mol. The van der Waals surface area contributed by atoms with Crippen molar-refractivity contribution in [3.05, 3.63) is 40.8 Å². The minimum Gasteiger partial charge on any atom is -0.491 e. The Hall–Kier alpha value is -1.81. The lowest BCUT2D eigenvalue weighted by Crippen LogP contribution is -2.15. The Morgan fingerprint density at radius 1 is 1.18 bits per heavy atom. The Bertz CT molecular complexity index is 574. The van der Waals surface area contributed by atoms with Crippen molar-refractivity contribution in [2.75, 3.05) is 20.3 Å². The van der Waals surface area contributed by atoms with E-state index in [0.29, 0.717) is 18.6 Å². The highest BCUT2D eigenvalue weighted by Gasteiger charge is 2.05. The van der Waals surface area contributed by atoms with Crippen LogP contribution in [0.5, 0.6) is 5.75 Å². The number of ether oxygens (including phenoxy) is 2. The summed E-state index contributed by atoms with van der Waals surface area (Å²) in [6.07, 6.45) is 1.74. The summed E-state index contributed by atoms with van der Waals surface area (Å²) in [6.45, 7) is 1.01. The van der Waals surface area contributed by atoms with Crippen LogP contribution in [0.1, 0.15) is 0 Å². The van der Waals surface area contributed by atoms with Gasteiger partial charge in [-0.3, -0.25) is 4.79 Å². The largest absolute Gasteiger partial charge is 0.491 e. The standard InChI is InChI=1S/C13H15NO3/c1-14-7-6-10-11(13(14)15)4-3-5-12(10)17-9-8-16-2/h3-7H,8-9H2,1-2H3. The van der Waals surface area contributed by atoms with E-state index in [1.54, 1.807) is 31.0 Å². The van der Waals surface area contributed by atoms with E-state index in [0.717, 1.165) is 11.1 Å². The van der Waals surface area contributed by atoms with Gasteiger partial charge < -0.3 is 14.0 Å². The maximum absolute atomic E-state index is 11.9. The lowest BCUT2D eigenvalue weighted by atomic mass is 10.1. The van der Waals surface area contributed by atoms with Gasteiger partial charge in [-0.1, -0.05) is 6.07 Å². The summed E-state index contributed by atoms with van der Waals surface area (Å²) in [5.41, 5.74) is -0.0142. The maximum Gasteiger partial charge on any atom is 0.258 e. The van der Waals surface area contributed by atoms with Crippen molar-refractivity contribution in [1.29, 1.82) is 0 Å². The van der Waals surface area contributed by atoms with Gasteiger partial charge in [0.05, 0.1) is 12.0 Å². The van der Waals surface area contributed by atoms with Gasteiger partial charge >= 0.3 is 0 Å².